The number of nitrogens with zero attached hydrogens (tertiary/aromatic N) is 1. The van der Waals surface area contributed by atoms with Crippen LogP contribution in [-0.4, -0.2) is 11.6 Å². The zero-order chi connectivity index (χ0) is 11.7. The Hall–Kier alpha value is -0.940. The maximum atomic E-state index is 12.0. The standard InChI is InChI=1S/C10H5BrClF2NO/c11-8-3-6(12)1-5-2-7(16-10(13)14)4-15-9(5)8/h1-4,10H. The Morgan fingerprint density at radius 1 is 1.31 bits per heavy atom. The zero-order valence-electron chi connectivity index (χ0n) is 7.75. The minimum atomic E-state index is -2.86. The summed E-state index contributed by atoms with van der Waals surface area (Å²) in [6, 6.07) is 4.78. The highest BCUT2D eigenvalue weighted by Crippen LogP contribution is 2.29. The van der Waals surface area contributed by atoms with E-state index >= 15 is 0 Å². The largest absolute Gasteiger partial charge is 0.433 e. The molecule has 1 aromatic heterocycles. The summed E-state index contributed by atoms with van der Waals surface area (Å²) in [6.07, 6.45) is 1.24. The van der Waals surface area contributed by atoms with Crippen molar-refractivity contribution in [2.24, 2.45) is 0 Å². The van der Waals surface area contributed by atoms with Gasteiger partial charge in [0, 0.05) is 14.9 Å². The van der Waals surface area contributed by atoms with Gasteiger partial charge in [0.25, 0.3) is 0 Å². The van der Waals surface area contributed by atoms with Crippen LogP contribution in [0.2, 0.25) is 5.02 Å². The van der Waals surface area contributed by atoms with Gasteiger partial charge in [-0.25, -0.2) is 0 Å². The second-order valence-electron chi connectivity index (χ2n) is 3.01. The Morgan fingerprint density at radius 2 is 2.06 bits per heavy atom. The van der Waals surface area contributed by atoms with Crippen LogP contribution in [0, 0.1) is 0 Å². The molecule has 6 heteroatoms. The van der Waals surface area contributed by atoms with Crippen LogP contribution in [0.15, 0.2) is 28.9 Å². The van der Waals surface area contributed by atoms with Gasteiger partial charge in [-0.1, -0.05) is 11.6 Å². The van der Waals surface area contributed by atoms with Crippen molar-refractivity contribution in [3.63, 3.8) is 0 Å². The number of benzene rings is 1. The predicted molar refractivity (Wildman–Crippen MR) is 61.1 cm³/mol. The van der Waals surface area contributed by atoms with Gasteiger partial charge < -0.3 is 4.74 Å². The molecule has 0 saturated heterocycles. The lowest BCUT2D eigenvalue weighted by Crippen LogP contribution is -2.02. The molecule has 1 aromatic carbocycles. The Balaban J connectivity index is 2.53. The third-order valence-corrected chi connectivity index (χ3v) is 2.72. The molecule has 0 fully saturated rings. The maximum Gasteiger partial charge on any atom is 0.387 e. The van der Waals surface area contributed by atoms with Crippen LogP contribution in [0.5, 0.6) is 5.75 Å². The number of aromatic nitrogens is 1. The Labute approximate surface area is 103 Å². The third kappa shape index (κ3) is 2.41. The molecule has 2 rings (SSSR count). The number of hydrogen-bond acceptors (Lipinski definition) is 2. The highest BCUT2D eigenvalue weighted by atomic mass is 79.9. The Bertz CT molecular complexity index is 535. The van der Waals surface area contributed by atoms with E-state index in [2.05, 4.69) is 25.7 Å². The minimum Gasteiger partial charge on any atom is -0.433 e. The van der Waals surface area contributed by atoms with Crippen LogP contribution in [0.1, 0.15) is 0 Å². The average molecular weight is 309 g/mol. The molecule has 2 aromatic rings. The van der Waals surface area contributed by atoms with E-state index in [1.165, 1.54) is 12.3 Å². The molecular formula is C10H5BrClF2NO. The lowest BCUT2D eigenvalue weighted by molar-refractivity contribution is -0.0499. The summed E-state index contributed by atoms with van der Waals surface area (Å²) in [5.74, 6) is 0.0108. The van der Waals surface area contributed by atoms with Crippen molar-refractivity contribution >= 4 is 38.4 Å². The third-order valence-electron chi connectivity index (χ3n) is 1.90. The summed E-state index contributed by atoms with van der Waals surface area (Å²) in [5, 5.41) is 1.13. The van der Waals surface area contributed by atoms with Gasteiger partial charge in [-0.3, -0.25) is 4.98 Å². The van der Waals surface area contributed by atoms with E-state index in [0.717, 1.165) is 0 Å². The molecule has 2 nitrogen and oxygen atoms in total. The monoisotopic (exact) mass is 307 g/mol. The number of rotatable bonds is 2. The fraction of sp³-hybridized carbons (Fsp3) is 0.100. The van der Waals surface area contributed by atoms with Crippen molar-refractivity contribution < 1.29 is 13.5 Å². The second kappa shape index (κ2) is 4.51. The van der Waals surface area contributed by atoms with Gasteiger partial charge >= 0.3 is 6.61 Å². The molecule has 84 valence electrons. The second-order valence-corrected chi connectivity index (χ2v) is 4.30. The van der Waals surface area contributed by atoms with E-state index < -0.39 is 6.61 Å². The summed E-state index contributed by atoms with van der Waals surface area (Å²) in [7, 11) is 0. The number of halogens is 4. The zero-order valence-corrected chi connectivity index (χ0v) is 10.1. The van der Waals surface area contributed by atoms with Gasteiger partial charge in [-0.15, -0.1) is 0 Å². The number of ether oxygens (including phenoxy) is 1. The number of hydrogen-bond donors (Lipinski definition) is 0. The molecule has 16 heavy (non-hydrogen) atoms. The van der Waals surface area contributed by atoms with Crippen LogP contribution >= 0.6 is 27.5 Å². The molecule has 0 aliphatic heterocycles. The van der Waals surface area contributed by atoms with Gasteiger partial charge in [0.15, 0.2) is 0 Å². The van der Waals surface area contributed by atoms with Gasteiger partial charge in [0.2, 0.25) is 0 Å². The number of pyridine rings is 1. The SMILES string of the molecule is FC(F)Oc1cnc2c(Br)cc(Cl)cc2c1. The van der Waals surface area contributed by atoms with Crippen LogP contribution in [0.3, 0.4) is 0 Å². The van der Waals surface area contributed by atoms with Crippen molar-refractivity contribution in [3.05, 3.63) is 33.9 Å². The molecule has 0 amide bonds. The van der Waals surface area contributed by atoms with E-state index in [0.29, 0.717) is 20.4 Å². The Kier molecular flexibility index (Phi) is 3.25. The minimum absolute atomic E-state index is 0.0108. The molecule has 0 N–H and O–H groups in total. The lowest BCUT2D eigenvalue weighted by Gasteiger charge is -2.06. The quantitative estimate of drug-likeness (QED) is 0.827. The molecule has 0 bridgehead atoms. The summed E-state index contributed by atoms with van der Waals surface area (Å²) >= 11 is 9.12. The normalized spacial score (nSPS) is 11.1. The highest BCUT2D eigenvalue weighted by molar-refractivity contribution is 9.10. The van der Waals surface area contributed by atoms with E-state index in [1.54, 1.807) is 12.1 Å². The van der Waals surface area contributed by atoms with E-state index in [9.17, 15) is 8.78 Å². The Morgan fingerprint density at radius 3 is 2.75 bits per heavy atom. The average Bonchev–Trinajstić information content (AvgIpc) is 2.15. The van der Waals surface area contributed by atoms with Gasteiger partial charge in [0.1, 0.15) is 5.75 Å². The van der Waals surface area contributed by atoms with Crippen molar-refractivity contribution in [3.8, 4) is 5.75 Å². The van der Waals surface area contributed by atoms with Crippen molar-refractivity contribution in [2.45, 2.75) is 6.61 Å². The van der Waals surface area contributed by atoms with E-state index in [1.807, 2.05) is 0 Å². The van der Waals surface area contributed by atoms with Crippen LogP contribution < -0.4 is 4.74 Å². The maximum absolute atomic E-state index is 12.0. The topological polar surface area (TPSA) is 22.1 Å². The summed E-state index contributed by atoms with van der Waals surface area (Å²) < 4.78 is 28.9. The first kappa shape index (κ1) is 11.5. The number of fused-ring (bicyclic) bond motifs is 1. The first-order chi connectivity index (χ1) is 7.56. The predicted octanol–water partition coefficient (Wildman–Crippen LogP) is 4.25. The molecule has 0 spiro atoms. The molecule has 0 atom stereocenters. The fourth-order valence-electron chi connectivity index (χ4n) is 1.32. The first-order valence-electron chi connectivity index (χ1n) is 4.26. The van der Waals surface area contributed by atoms with E-state index in [-0.39, 0.29) is 5.75 Å². The summed E-state index contributed by atoms with van der Waals surface area (Å²) in [5.41, 5.74) is 0.644. The molecule has 1 heterocycles. The lowest BCUT2D eigenvalue weighted by atomic mass is 10.2. The van der Waals surface area contributed by atoms with Crippen LogP contribution in [0.25, 0.3) is 10.9 Å². The molecule has 0 aliphatic carbocycles. The summed E-state index contributed by atoms with van der Waals surface area (Å²) in [6.45, 7) is -2.86. The molecule has 0 radical (unpaired) electrons. The van der Waals surface area contributed by atoms with Gasteiger partial charge in [-0.05, 0) is 34.1 Å². The molecule has 0 saturated carbocycles. The van der Waals surface area contributed by atoms with Crippen molar-refractivity contribution in [1.82, 2.24) is 4.98 Å². The van der Waals surface area contributed by atoms with Crippen molar-refractivity contribution in [1.29, 1.82) is 0 Å². The first-order valence-corrected chi connectivity index (χ1v) is 5.43. The van der Waals surface area contributed by atoms with E-state index in [4.69, 9.17) is 11.6 Å². The van der Waals surface area contributed by atoms with Crippen molar-refractivity contribution in [2.75, 3.05) is 0 Å². The highest BCUT2D eigenvalue weighted by Gasteiger charge is 2.08. The molecular weight excluding hydrogens is 303 g/mol. The molecule has 0 unspecified atom stereocenters. The molecule has 0 aliphatic rings. The fourth-order valence-corrected chi connectivity index (χ4v) is 2.25. The van der Waals surface area contributed by atoms with Gasteiger partial charge in [0.05, 0.1) is 11.7 Å². The smallest absolute Gasteiger partial charge is 0.387 e. The van der Waals surface area contributed by atoms with Gasteiger partial charge in [-0.2, -0.15) is 8.78 Å². The van der Waals surface area contributed by atoms with Crippen LogP contribution in [0.4, 0.5) is 8.78 Å². The summed E-state index contributed by atoms with van der Waals surface area (Å²) in [4.78, 5) is 4.01. The number of alkyl halides is 2. The van der Waals surface area contributed by atoms with Crippen LogP contribution in [-0.2, 0) is 0 Å².